The lowest BCUT2D eigenvalue weighted by atomic mass is 10.1. The Kier molecular flexibility index (Phi) is 6.72. The number of hydrogen-bond acceptors (Lipinski definition) is 8. The smallest absolute Gasteiger partial charge is 0.307 e. The normalized spacial score (nSPS) is 11.6. The molecule has 0 unspecified atom stereocenters. The molecule has 0 aliphatic heterocycles. The number of hydrogen-bond donors (Lipinski definition) is 1. The lowest BCUT2D eigenvalue weighted by Crippen LogP contribution is -2.27. The first-order valence-electron chi connectivity index (χ1n) is 9.37. The number of thiazole rings is 1. The second-order valence-corrected chi connectivity index (χ2v) is 9.49. The summed E-state index contributed by atoms with van der Waals surface area (Å²) in [5.41, 5.74) is 2.01. The molecule has 10 nitrogen and oxygen atoms in total. The molecule has 31 heavy (non-hydrogen) atoms. The summed E-state index contributed by atoms with van der Waals surface area (Å²) in [6, 6.07) is 1.73. The van der Waals surface area contributed by atoms with E-state index in [1.165, 1.54) is 17.5 Å². The Morgan fingerprint density at radius 2 is 2.00 bits per heavy atom. The van der Waals surface area contributed by atoms with Crippen molar-refractivity contribution in [2.75, 3.05) is 13.2 Å². The highest BCUT2D eigenvalue weighted by Gasteiger charge is 2.21. The van der Waals surface area contributed by atoms with Gasteiger partial charge in [0, 0.05) is 48.3 Å². The number of ketones is 1. The van der Waals surface area contributed by atoms with E-state index in [1.807, 2.05) is 16.9 Å². The molecule has 0 fully saturated rings. The van der Waals surface area contributed by atoms with Crippen molar-refractivity contribution in [2.24, 2.45) is 7.05 Å². The number of ether oxygens (including phenoxy) is 1. The number of esters is 1. The average molecular weight is 466 g/mol. The van der Waals surface area contributed by atoms with E-state index in [-0.39, 0.29) is 23.8 Å². The molecule has 0 spiro atoms. The van der Waals surface area contributed by atoms with E-state index in [1.54, 1.807) is 37.7 Å². The van der Waals surface area contributed by atoms with E-state index >= 15 is 0 Å². The standard InChI is InChI=1S/C19H23N5O5S2/c1-12-9-15(13(2)24(12)19-20-7-8-30-19)16(25)11-29-18(26)5-6-21-31(27,28)17-10-23(4)14(3)22-17/h7-10,21H,5-6,11H2,1-4H3. The Morgan fingerprint density at radius 3 is 2.61 bits per heavy atom. The van der Waals surface area contributed by atoms with E-state index in [0.717, 1.165) is 10.8 Å². The van der Waals surface area contributed by atoms with Crippen molar-refractivity contribution < 1.29 is 22.7 Å². The SMILES string of the molecule is Cc1nc(S(=O)(=O)NCCC(=O)OCC(=O)c2cc(C)n(-c3nccs3)c2C)cn1C. The quantitative estimate of drug-likeness (QED) is 0.376. The minimum atomic E-state index is -3.83. The number of sulfonamides is 1. The highest BCUT2D eigenvalue weighted by atomic mass is 32.2. The molecule has 1 N–H and O–H groups in total. The van der Waals surface area contributed by atoms with Gasteiger partial charge in [-0.25, -0.2) is 23.1 Å². The number of Topliss-reactive ketones (excluding diaryl/α,β-unsaturated/α-hetero) is 1. The van der Waals surface area contributed by atoms with Gasteiger partial charge in [-0.2, -0.15) is 0 Å². The van der Waals surface area contributed by atoms with Crippen LogP contribution in [0.15, 0.2) is 28.9 Å². The van der Waals surface area contributed by atoms with Crippen molar-refractivity contribution in [3.63, 3.8) is 0 Å². The van der Waals surface area contributed by atoms with E-state index < -0.39 is 22.6 Å². The van der Waals surface area contributed by atoms with E-state index in [4.69, 9.17) is 4.74 Å². The first-order valence-corrected chi connectivity index (χ1v) is 11.7. The average Bonchev–Trinajstić information content (AvgIpc) is 3.40. The van der Waals surface area contributed by atoms with Crippen LogP contribution in [-0.4, -0.2) is 52.4 Å². The molecule has 0 amide bonds. The number of aromatic nitrogens is 4. The second-order valence-electron chi connectivity index (χ2n) is 6.90. The molecule has 3 aromatic rings. The van der Waals surface area contributed by atoms with Crippen molar-refractivity contribution in [3.05, 3.63) is 46.6 Å². The maximum absolute atomic E-state index is 12.5. The minimum absolute atomic E-state index is 0.119. The Morgan fingerprint density at radius 1 is 1.26 bits per heavy atom. The predicted molar refractivity (Wildman–Crippen MR) is 114 cm³/mol. The Labute approximate surface area is 183 Å². The Balaban J connectivity index is 1.52. The molecule has 0 saturated carbocycles. The molecule has 166 valence electrons. The van der Waals surface area contributed by atoms with Crippen molar-refractivity contribution >= 4 is 33.1 Å². The third kappa shape index (κ3) is 5.09. The molecular formula is C19H23N5O5S2. The molecule has 0 atom stereocenters. The summed E-state index contributed by atoms with van der Waals surface area (Å²) < 4.78 is 35.2. The van der Waals surface area contributed by atoms with Crippen LogP contribution in [-0.2, 0) is 26.6 Å². The Hall–Kier alpha value is -2.83. The minimum Gasteiger partial charge on any atom is -0.457 e. The summed E-state index contributed by atoms with van der Waals surface area (Å²) in [4.78, 5) is 32.7. The van der Waals surface area contributed by atoms with E-state index in [9.17, 15) is 18.0 Å². The fourth-order valence-corrected chi connectivity index (χ4v) is 4.80. The molecule has 0 aliphatic carbocycles. The monoisotopic (exact) mass is 465 g/mol. The third-order valence-corrected chi connectivity index (χ3v) is 6.78. The number of carbonyl (C=O) groups is 2. The maximum Gasteiger partial charge on any atom is 0.307 e. The zero-order valence-electron chi connectivity index (χ0n) is 17.6. The van der Waals surface area contributed by atoms with Gasteiger partial charge in [0.2, 0.25) is 5.78 Å². The Bertz CT molecular complexity index is 1190. The van der Waals surface area contributed by atoms with Gasteiger partial charge in [0.15, 0.2) is 16.8 Å². The molecule has 12 heteroatoms. The molecule has 0 saturated heterocycles. The summed E-state index contributed by atoms with van der Waals surface area (Å²) in [7, 11) is -2.14. The summed E-state index contributed by atoms with van der Waals surface area (Å²) >= 11 is 1.45. The first-order chi connectivity index (χ1) is 14.6. The van der Waals surface area contributed by atoms with E-state index in [2.05, 4.69) is 14.7 Å². The van der Waals surface area contributed by atoms with Crippen molar-refractivity contribution in [2.45, 2.75) is 32.2 Å². The molecule has 0 aromatic carbocycles. The van der Waals surface area contributed by atoms with Gasteiger partial charge in [-0.15, -0.1) is 11.3 Å². The number of aryl methyl sites for hydroxylation is 3. The van der Waals surface area contributed by atoms with Crippen LogP contribution in [0.4, 0.5) is 0 Å². The maximum atomic E-state index is 12.5. The van der Waals surface area contributed by atoms with Crippen LogP contribution in [0.1, 0.15) is 34.0 Å². The molecular weight excluding hydrogens is 442 g/mol. The van der Waals surface area contributed by atoms with Gasteiger partial charge < -0.3 is 9.30 Å². The van der Waals surface area contributed by atoms with Gasteiger partial charge in [-0.3, -0.25) is 14.2 Å². The van der Waals surface area contributed by atoms with Crippen LogP contribution in [0.2, 0.25) is 0 Å². The summed E-state index contributed by atoms with van der Waals surface area (Å²) in [6.07, 6.45) is 2.86. The largest absolute Gasteiger partial charge is 0.457 e. The molecule has 0 bridgehead atoms. The van der Waals surface area contributed by atoms with E-state index in [0.29, 0.717) is 17.1 Å². The topological polar surface area (TPSA) is 125 Å². The second kappa shape index (κ2) is 9.12. The lowest BCUT2D eigenvalue weighted by Gasteiger charge is -2.07. The van der Waals surface area contributed by atoms with Crippen LogP contribution in [0.25, 0.3) is 5.13 Å². The molecule has 3 aromatic heterocycles. The lowest BCUT2D eigenvalue weighted by molar-refractivity contribution is -0.142. The fraction of sp³-hybridized carbons (Fsp3) is 0.368. The van der Waals surface area contributed by atoms with Crippen LogP contribution in [0.3, 0.4) is 0 Å². The van der Waals surface area contributed by atoms with Gasteiger partial charge >= 0.3 is 5.97 Å². The fourth-order valence-electron chi connectivity index (χ4n) is 2.98. The summed E-state index contributed by atoms with van der Waals surface area (Å²) in [5.74, 6) is -0.469. The van der Waals surface area contributed by atoms with Gasteiger partial charge in [0.25, 0.3) is 10.0 Å². The van der Waals surface area contributed by atoms with Crippen LogP contribution >= 0.6 is 11.3 Å². The van der Waals surface area contributed by atoms with Gasteiger partial charge in [-0.05, 0) is 26.8 Å². The number of nitrogens with one attached hydrogen (secondary N) is 1. The summed E-state index contributed by atoms with van der Waals surface area (Å²) in [6.45, 7) is 4.77. The van der Waals surface area contributed by atoms with Gasteiger partial charge in [0.1, 0.15) is 5.82 Å². The van der Waals surface area contributed by atoms with Crippen molar-refractivity contribution in [1.29, 1.82) is 0 Å². The van der Waals surface area contributed by atoms with Crippen molar-refractivity contribution in [3.8, 4) is 5.13 Å². The zero-order chi connectivity index (χ0) is 22.8. The third-order valence-electron chi connectivity index (χ3n) is 4.69. The van der Waals surface area contributed by atoms with Crippen LogP contribution < -0.4 is 4.72 Å². The molecule has 0 radical (unpaired) electrons. The molecule has 3 heterocycles. The number of rotatable bonds is 9. The zero-order valence-corrected chi connectivity index (χ0v) is 19.2. The van der Waals surface area contributed by atoms with Crippen LogP contribution in [0.5, 0.6) is 0 Å². The summed E-state index contributed by atoms with van der Waals surface area (Å²) in [5, 5.41) is 2.48. The number of nitrogens with zero attached hydrogens (tertiary/aromatic N) is 4. The van der Waals surface area contributed by atoms with Gasteiger partial charge in [-0.1, -0.05) is 0 Å². The first kappa shape index (κ1) is 22.8. The number of carbonyl (C=O) groups excluding carboxylic acids is 2. The molecule has 3 rings (SSSR count). The number of imidazole rings is 1. The van der Waals surface area contributed by atoms with Gasteiger partial charge in [0.05, 0.1) is 6.42 Å². The highest BCUT2D eigenvalue weighted by Crippen LogP contribution is 2.22. The van der Waals surface area contributed by atoms with Crippen molar-refractivity contribution in [1.82, 2.24) is 23.8 Å². The predicted octanol–water partition coefficient (Wildman–Crippen LogP) is 1.69. The highest BCUT2D eigenvalue weighted by molar-refractivity contribution is 7.89. The van der Waals surface area contributed by atoms with Crippen LogP contribution in [0, 0.1) is 20.8 Å². The molecule has 0 aliphatic rings.